The monoisotopic (exact) mass is 422 g/mol. The molecule has 0 spiro atoms. The van der Waals surface area contributed by atoms with Crippen LogP contribution in [-0.2, 0) is 4.74 Å². The first kappa shape index (κ1) is 20.6. The van der Waals surface area contributed by atoms with Gasteiger partial charge in [-0.2, -0.15) is 10.1 Å². The van der Waals surface area contributed by atoms with Crippen LogP contribution < -0.4 is 15.0 Å². The highest BCUT2D eigenvalue weighted by Crippen LogP contribution is 2.27. The van der Waals surface area contributed by atoms with E-state index in [1.165, 1.54) is 0 Å². The van der Waals surface area contributed by atoms with Crippen LogP contribution in [0.2, 0.25) is 0 Å². The molecule has 0 radical (unpaired) electrons. The number of rotatable bonds is 7. The molecule has 1 amide bonds. The molecule has 3 aromatic rings. The molecule has 1 aliphatic heterocycles. The largest absolute Gasteiger partial charge is 0.497 e. The lowest BCUT2D eigenvalue weighted by Crippen LogP contribution is -2.37. The Balaban J connectivity index is 1.51. The van der Waals surface area contributed by atoms with Crippen molar-refractivity contribution < 1.29 is 14.3 Å². The highest BCUT2D eigenvalue weighted by molar-refractivity contribution is 5.89. The standard InChI is InChI=1S/C22H26N6O3/c1-14(2)19-13-31-22(29)28(19)20-8-9-23-21(26-20)25-15(3)16-11-24-27(12-16)17-6-5-7-18(10-17)30-4/h5-12,14-15,19H,13H2,1-4H3,(H,23,25,26)/t15-,19?/m0/s1. The molecule has 2 atom stereocenters. The number of carbonyl (C=O) groups is 1. The van der Waals surface area contributed by atoms with Gasteiger partial charge < -0.3 is 14.8 Å². The number of hydrogen-bond acceptors (Lipinski definition) is 7. The SMILES string of the molecule is COc1cccc(-n2cc([C@H](C)Nc3nccc(N4C(=O)OCC4C(C)C)n3)cn2)c1. The highest BCUT2D eigenvalue weighted by Gasteiger charge is 2.37. The molecular formula is C22H26N6O3. The third-order valence-electron chi connectivity index (χ3n) is 5.33. The van der Waals surface area contributed by atoms with Crippen molar-refractivity contribution in [2.24, 2.45) is 5.92 Å². The molecular weight excluding hydrogens is 396 g/mol. The maximum absolute atomic E-state index is 12.2. The van der Waals surface area contributed by atoms with Crippen LogP contribution >= 0.6 is 0 Å². The number of hydrogen-bond donors (Lipinski definition) is 1. The first-order valence-electron chi connectivity index (χ1n) is 10.2. The van der Waals surface area contributed by atoms with Crippen molar-refractivity contribution in [1.82, 2.24) is 19.7 Å². The van der Waals surface area contributed by atoms with E-state index in [1.807, 2.05) is 37.4 Å². The Morgan fingerprint density at radius 2 is 2.10 bits per heavy atom. The molecule has 1 aromatic carbocycles. The number of methoxy groups -OCH3 is 1. The summed E-state index contributed by atoms with van der Waals surface area (Å²) in [5.74, 6) is 1.98. The summed E-state index contributed by atoms with van der Waals surface area (Å²) in [7, 11) is 1.64. The lowest BCUT2D eigenvalue weighted by Gasteiger charge is -2.23. The van der Waals surface area contributed by atoms with Crippen LogP contribution in [0.15, 0.2) is 48.9 Å². The van der Waals surface area contributed by atoms with Crippen LogP contribution in [0, 0.1) is 5.92 Å². The van der Waals surface area contributed by atoms with Crippen molar-refractivity contribution in [3.8, 4) is 11.4 Å². The average molecular weight is 422 g/mol. The minimum atomic E-state index is -0.379. The average Bonchev–Trinajstić information content (AvgIpc) is 3.41. The van der Waals surface area contributed by atoms with Crippen molar-refractivity contribution in [2.75, 3.05) is 23.9 Å². The van der Waals surface area contributed by atoms with Crippen LogP contribution in [-0.4, -0.2) is 45.6 Å². The van der Waals surface area contributed by atoms with Crippen LogP contribution in [0.4, 0.5) is 16.6 Å². The molecule has 2 aromatic heterocycles. The van der Waals surface area contributed by atoms with E-state index in [-0.39, 0.29) is 24.1 Å². The summed E-state index contributed by atoms with van der Waals surface area (Å²) in [4.78, 5) is 22.7. The number of anilines is 2. The molecule has 0 bridgehead atoms. The van der Waals surface area contributed by atoms with Gasteiger partial charge in [-0.3, -0.25) is 4.90 Å². The predicted molar refractivity (Wildman–Crippen MR) is 117 cm³/mol. The Morgan fingerprint density at radius 1 is 1.26 bits per heavy atom. The normalized spacial score (nSPS) is 17.0. The molecule has 3 heterocycles. The zero-order chi connectivity index (χ0) is 22.0. The lowest BCUT2D eigenvalue weighted by molar-refractivity contribution is 0.177. The molecule has 4 rings (SSSR count). The summed E-state index contributed by atoms with van der Waals surface area (Å²) >= 11 is 0. The fourth-order valence-electron chi connectivity index (χ4n) is 3.47. The van der Waals surface area contributed by atoms with Gasteiger partial charge in [0, 0.05) is 24.0 Å². The van der Waals surface area contributed by atoms with E-state index in [9.17, 15) is 4.79 Å². The smallest absolute Gasteiger partial charge is 0.415 e. The van der Waals surface area contributed by atoms with Gasteiger partial charge in [0.2, 0.25) is 5.95 Å². The zero-order valence-electron chi connectivity index (χ0n) is 18.0. The van der Waals surface area contributed by atoms with Gasteiger partial charge in [-0.1, -0.05) is 19.9 Å². The number of cyclic esters (lactones) is 1. The van der Waals surface area contributed by atoms with E-state index in [0.717, 1.165) is 17.0 Å². The highest BCUT2D eigenvalue weighted by atomic mass is 16.6. The molecule has 1 aliphatic rings. The quantitative estimate of drug-likeness (QED) is 0.618. The van der Waals surface area contributed by atoms with Crippen molar-refractivity contribution in [1.29, 1.82) is 0 Å². The molecule has 1 N–H and O–H groups in total. The Bertz CT molecular complexity index is 1070. The van der Waals surface area contributed by atoms with E-state index in [0.29, 0.717) is 18.4 Å². The van der Waals surface area contributed by atoms with Gasteiger partial charge in [-0.05, 0) is 31.0 Å². The molecule has 9 nitrogen and oxygen atoms in total. The molecule has 0 saturated carbocycles. The Morgan fingerprint density at radius 3 is 2.87 bits per heavy atom. The van der Waals surface area contributed by atoms with Crippen LogP contribution in [0.25, 0.3) is 5.69 Å². The minimum Gasteiger partial charge on any atom is -0.497 e. The van der Waals surface area contributed by atoms with E-state index in [4.69, 9.17) is 9.47 Å². The second-order valence-electron chi connectivity index (χ2n) is 7.78. The van der Waals surface area contributed by atoms with Crippen molar-refractivity contribution in [3.63, 3.8) is 0 Å². The number of aromatic nitrogens is 4. The topological polar surface area (TPSA) is 94.4 Å². The fourth-order valence-corrected chi connectivity index (χ4v) is 3.47. The van der Waals surface area contributed by atoms with Crippen LogP contribution in [0.3, 0.4) is 0 Å². The predicted octanol–water partition coefficient (Wildman–Crippen LogP) is 3.83. The van der Waals surface area contributed by atoms with E-state index >= 15 is 0 Å². The number of carbonyl (C=O) groups excluding carboxylic acids is 1. The molecule has 1 fully saturated rings. The number of nitrogens with zero attached hydrogens (tertiary/aromatic N) is 5. The number of amides is 1. The van der Waals surface area contributed by atoms with Crippen molar-refractivity contribution >= 4 is 17.9 Å². The first-order chi connectivity index (χ1) is 15.0. The molecule has 1 unspecified atom stereocenters. The number of nitrogens with one attached hydrogen (secondary N) is 1. The first-order valence-corrected chi connectivity index (χ1v) is 10.2. The summed E-state index contributed by atoms with van der Waals surface area (Å²) in [6.45, 7) is 6.48. The van der Waals surface area contributed by atoms with E-state index in [1.54, 1.807) is 35.2 Å². The maximum Gasteiger partial charge on any atom is 0.415 e. The summed E-state index contributed by atoms with van der Waals surface area (Å²) in [5, 5.41) is 7.74. The van der Waals surface area contributed by atoms with Gasteiger partial charge in [0.05, 0.1) is 31.1 Å². The third kappa shape index (κ3) is 4.30. The summed E-state index contributed by atoms with van der Waals surface area (Å²) in [6.07, 6.45) is 5.01. The fraction of sp³-hybridized carbons (Fsp3) is 0.364. The molecule has 162 valence electrons. The molecule has 1 saturated heterocycles. The van der Waals surface area contributed by atoms with Crippen molar-refractivity contribution in [2.45, 2.75) is 32.9 Å². The summed E-state index contributed by atoms with van der Waals surface area (Å²) in [5.41, 5.74) is 1.88. The maximum atomic E-state index is 12.2. The number of benzene rings is 1. The Labute approximate surface area is 181 Å². The van der Waals surface area contributed by atoms with Crippen LogP contribution in [0.5, 0.6) is 5.75 Å². The third-order valence-corrected chi connectivity index (χ3v) is 5.33. The van der Waals surface area contributed by atoms with Gasteiger partial charge >= 0.3 is 6.09 Å². The van der Waals surface area contributed by atoms with Gasteiger partial charge in [-0.25, -0.2) is 14.5 Å². The van der Waals surface area contributed by atoms with E-state index in [2.05, 4.69) is 34.2 Å². The zero-order valence-corrected chi connectivity index (χ0v) is 18.0. The second-order valence-corrected chi connectivity index (χ2v) is 7.78. The minimum absolute atomic E-state index is 0.0474. The van der Waals surface area contributed by atoms with Gasteiger partial charge in [0.25, 0.3) is 0 Å². The summed E-state index contributed by atoms with van der Waals surface area (Å²) in [6, 6.07) is 9.27. The second kappa shape index (κ2) is 8.63. The molecule has 0 aliphatic carbocycles. The van der Waals surface area contributed by atoms with Gasteiger partial charge in [0.1, 0.15) is 18.2 Å². The Kier molecular flexibility index (Phi) is 5.75. The number of ether oxygens (including phenoxy) is 2. The Hall–Kier alpha value is -3.62. The van der Waals surface area contributed by atoms with Crippen molar-refractivity contribution in [3.05, 3.63) is 54.5 Å². The molecule has 31 heavy (non-hydrogen) atoms. The summed E-state index contributed by atoms with van der Waals surface area (Å²) < 4.78 is 12.3. The van der Waals surface area contributed by atoms with Crippen LogP contribution in [0.1, 0.15) is 32.4 Å². The molecule has 9 heteroatoms. The van der Waals surface area contributed by atoms with Gasteiger partial charge in [-0.15, -0.1) is 0 Å². The lowest BCUT2D eigenvalue weighted by atomic mass is 10.0. The van der Waals surface area contributed by atoms with E-state index < -0.39 is 0 Å². The van der Waals surface area contributed by atoms with Gasteiger partial charge in [0.15, 0.2) is 0 Å².